The second-order valence-electron chi connectivity index (χ2n) is 5.30. The van der Waals surface area contributed by atoms with Crippen LogP contribution in [0.4, 0.5) is 5.69 Å². The van der Waals surface area contributed by atoms with E-state index in [0.29, 0.717) is 11.1 Å². The van der Waals surface area contributed by atoms with E-state index in [2.05, 4.69) is 0 Å². The number of benzene rings is 2. The second kappa shape index (κ2) is 5.05. The number of carbonyl (C=O) groups excluding carboxylic acids is 2. The quantitative estimate of drug-likeness (QED) is 0.918. The zero-order chi connectivity index (χ0) is 15.0. The summed E-state index contributed by atoms with van der Waals surface area (Å²) in [5.74, 6) is -0.630. The molecule has 1 heterocycles. The molecule has 2 amide bonds. The Balaban J connectivity index is 1.99. The molecule has 106 valence electrons. The highest BCUT2D eigenvalue weighted by Gasteiger charge is 2.31. The van der Waals surface area contributed by atoms with Crippen molar-refractivity contribution in [1.29, 1.82) is 0 Å². The van der Waals surface area contributed by atoms with Crippen LogP contribution in [0.25, 0.3) is 0 Å². The first kappa shape index (κ1) is 13.4. The number of rotatable bonds is 2. The molecule has 0 aromatic heterocycles. The van der Waals surface area contributed by atoms with E-state index in [1.54, 1.807) is 29.2 Å². The average Bonchev–Trinajstić information content (AvgIpc) is 2.82. The van der Waals surface area contributed by atoms with Crippen LogP contribution in [-0.2, 0) is 6.42 Å². The highest BCUT2D eigenvalue weighted by molar-refractivity contribution is 6.09. The lowest BCUT2D eigenvalue weighted by molar-refractivity contribution is 0.0981. The predicted molar refractivity (Wildman–Crippen MR) is 81.4 cm³/mol. The molecule has 0 bridgehead atoms. The summed E-state index contributed by atoms with van der Waals surface area (Å²) in [7, 11) is 0. The van der Waals surface area contributed by atoms with Gasteiger partial charge in [0.15, 0.2) is 0 Å². The van der Waals surface area contributed by atoms with Gasteiger partial charge in [-0.2, -0.15) is 0 Å². The molecule has 3 rings (SSSR count). The van der Waals surface area contributed by atoms with Crippen molar-refractivity contribution in [3.8, 4) is 0 Å². The number of carbonyl (C=O) groups is 2. The van der Waals surface area contributed by atoms with Crippen LogP contribution in [-0.4, -0.2) is 17.9 Å². The number of nitrogens with two attached hydrogens (primary N) is 1. The minimum atomic E-state index is -0.528. The van der Waals surface area contributed by atoms with Crippen LogP contribution < -0.4 is 10.6 Å². The summed E-state index contributed by atoms with van der Waals surface area (Å²) in [4.78, 5) is 25.8. The Kier molecular flexibility index (Phi) is 3.22. The molecule has 21 heavy (non-hydrogen) atoms. The van der Waals surface area contributed by atoms with Gasteiger partial charge in [0.05, 0.1) is 0 Å². The van der Waals surface area contributed by atoms with Crippen LogP contribution >= 0.6 is 0 Å². The Hall–Kier alpha value is -2.62. The number of hydrogen-bond donors (Lipinski definition) is 1. The molecule has 0 saturated heterocycles. The normalized spacial score (nSPS) is 16.6. The summed E-state index contributed by atoms with van der Waals surface area (Å²) in [5, 5.41) is 0. The maximum atomic E-state index is 12.8. The lowest BCUT2D eigenvalue weighted by Crippen LogP contribution is -2.35. The molecule has 1 atom stereocenters. The van der Waals surface area contributed by atoms with Gasteiger partial charge in [0.2, 0.25) is 5.91 Å². The number of para-hydroxylation sites is 1. The number of hydrogen-bond acceptors (Lipinski definition) is 2. The number of amides is 2. The van der Waals surface area contributed by atoms with E-state index >= 15 is 0 Å². The minimum absolute atomic E-state index is 0.101. The molecule has 4 heteroatoms. The highest BCUT2D eigenvalue weighted by Crippen LogP contribution is 2.33. The predicted octanol–water partition coefficient (Wildman–Crippen LogP) is 2.38. The summed E-state index contributed by atoms with van der Waals surface area (Å²) in [5.41, 5.74) is 8.22. The van der Waals surface area contributed by atoms with Gasteiger partial charge in [0, 0.05) is 22.9 Å². The number of fused-ring (bicyclic) bond motifs is 1. The van der Waals surface area contributed by atoms with E-state index in [1.165, 1.54) is 5.56 Å². The van der Waals surface area contributed by atoms with Crippen molar-refractivity contribution >= 4 is 17.5 Å². The highest BCUT2D eigenvalue weighted by atomic mass is 16.2. The Bertz CT molecular complexity index is 724. The van der Waals surface area contributed by atoms with Crippen LogP contribution in [0.5, 0.6) is 0 Å². The molecular weight excluding hydrogens is 264 g/mol. The molecule has 2 aromatic rings. The fourth-order valence-electron chi connectivity index (χ4n) is 2.82. The van der Waals surface area contributed by atoms with Crippen molar-refractivity contribution in [2.24, 2.45) is 5.73 Å². The van der Waals surface area contributed by atoms with Crippen LogP contribution in [0, 0.1) is 0 Å². The molecule has 0 spiro atoms. The third-order valence-electron chi connectivity index (χ3n) is 3.82. The van der Waals surface area contributed by atoms with Gasteiger partial charge in [-0.1, -0.05) is 24.3 Å². The van der Waals surface area contributed by atoms with Crippen molar-refractivity contribution in [2.45, 2.75) is 19.4 Å². The third-order valence-corrected chi connectivity index (χ3v) is 3.82. The Morgan fingerprint density at radius 2 is 1.81 bits per heavy atom. The van der Waals surface area contributed by atoms with E-state index in [4.69, 9.17) is 5.73 Å². The average molecular weight is 280 g/mol. The maximum Gasteiger partial charge on any atom is 0.258 e. The zero-order valence-electron chi connectivity index (χ0n) is 11.7. The monoisotopic (exact) mass is 280 g/mol. The molecule has 0 saturated carbocycles. The van der Waals surface area contributed by atoms with E-state index < -0.39 is 5.91 Å². The Labute approximate surface area is 123 Å². The lowest BCUT2D eigenvalue weighted by atomic mass is 10.1. The van der Waals surface area contributed by atoms with Crippen LogP contribution in [0.2, 0.25) is 0 Å². The van der Waals surface area contributed by atoms with E-state index in [9.17, 15) is 9.59 Å². The fraction of sp³-hybridized carbons (Fsp3) is 0.176. The minimum Gasteiger partial charge on any atom is -0.366 e. The molecule has 2 aromatic carbocycles. The molecular formula is C17H16N2O2. The Morgan fingerprint density at radius 1 is 1.10 bits per heavy atom. The Morgan fingerprint density at radius 3 is 2.57 bits per heavy atom. The first-order chi connectivity index (χ1) is 10.1. The summed E-state index contributed by atoms with van der Waals surface area (Å²) in [6.07, 6.45) is 0.845. The summed E-state index contributed by atoms with van der Waals surface area (Å²) >= 11 is 0. The summed E-state index contributed by atoms with van der Waals surface area (Å²) in [6, 6.07) is 14.6. The number of primary amides is 1. The van der Waals surface area contributed by atoms with Crippen LogP contribution in [0.3, 0.4) is 0 Å². The molecule has 0 aliphatic carbocycles. The third kappa shape index (κ3) is 2.29. The van der Waals surface area contributed by atoms with Crippen molar-refractivity contribution in [2.75, 3.05) is 4.90 Å². The van der Waals surface area contributed by atoms with Gasteiger partial charge in [-0.3, -0.25) is 9.59 Å². The molecule has 1 aliphatic heterocycles. The summed E-state index contributed by atoms with van der Waals surface area (Å²) in [6.45, 7) is 2.02. The maximum absolute atomic E-state index is 12.8. The van der Waals surface area contributed by atoms with Gasteiger partial charge in [0.25, 0.3) is 5.91 Å². The van der Waals surface area contributed by atoms with Crippen LogP contribution in [0.1, 0.15) is 33.2 Å². The SMILES string of the molecule is C[C@H]1Cc2ccccc2N1C(=O)c1cccc(C(N)=O)c1. The van der Waals surface area contributed by atoms with Gasteiger partial charge in [-0.15, -0.1) is 0 Å². The van der Waals surface area contributed by atoms with Crippen molar-refractivity contribution in [3.05, 3.63) is 65.2 Å². The molecule has 0 unspecified atom stereocenters. The first-order valence-corrected chi connectivity index (χ1v) is 6.89. The molecule has 0 fully saturated rings. The van der Waals surface area contributed by atoms with Gasteiger partial charge >= 0.3 is 0 Å². The van der Waals surface area contributed by atoms with Crippen molar-refractivity contribution in [3.63, 3.8) is 0 Å². The smallest absolute Gasteiger partial charge is 0.258 e. The first-order valence-electron chi connectivity index (χ1n) is 6.89. The topological polar surface area (TPSA) is 63.4 Å². The zero-order valence-corrected chi connectivity index (χ0v) is 11.7. The second-order valence-corrected chi connectivity index (χ2v) is 5.30. The van der Waals surface area contributed by atoms with Crippen molar-refractivity contribution in [1.82, 2.24) is 0 Å². The van der Waals surface area contributed by atoms with Gasteiger partial charge in [-0.25, -0.2) is 0 Å². The standard InChI is InChI=1S/C17H16N2O2/c1-11-9-12-5-2-3-8-15(12)19(11)17(21)14-7-4-6-13(10-14)16(18)20/h2-8,10-11H,9H2,1H3,(H2,18,20)/t11-/m0/s1. The van der Waals surface area contributed by atoms with Gasteiger partial charge in [-0.05, 0) is 43.2 Å². The lowest BCUT2D eigenvalue weighted by Gasteiger charge is -2.23. The molecule has 0 radical (unpaired) electrons. The fourth-order valence-corrected chi connectivity index (χ4v) is 2.82. The molecule has 4 nitrogen and oxygen atoms in total. The van der Waals surface area contributed by atoms with Crippen LogP contribution in [0.15, 0.2) is 48.5 Å². The number of nitrogens with zero attached hydrogens (tertiary/aromatic N) is 1. The largest absolute Gasteiger partial charge is 0.366 e. The van der Waals surface area contributed by atoms with E-state index in [1.807, 2.05) is 31.2 Å². The molecule has 2 N–H and O–H groups in total. The summed E-state index contributed by atoms with van der Waals surface area (Å²) < 4.78 is 0. The van der Waals surface area contributed by atoms with E-state index in [-0.39, 0.29) is 11.9 Å². The number of anilines is 1. The molecule has 1 aliphatic rings. The van der Waals surface area contributed by atoms with Crippen molar-refractivity contribution < 1.29 is 9.59 Å². The van der Waals surface area contributed by atoms with Gasteiger partial charge < -0.3 is 10.6 Å². The van der Waals surface area contributed by atoms with Gasteiger partial charge in [0.1, 0.15) is 0 Å². The van der Waals surface area contributed by atoms with E-state index in [0.717, 1.165) is 12.1 Å².